The first-order valence-electron chi connectivity index (χ1n) is 5.20. The number of hydrogen-bond donors (Lipinski definition) is 2. The largest absolute Gasteiger partial charge is 0.392 e. The summed E-state index contributed by atoms with van der Waals surface area (Å²) in [6.07, 6.45) is 0.678. The minimum Gasteiger partial charge on any atom is -0.392 e. The fourth-order valence-corrected chi connectivity index (χ4v) is 1.74. The molecule has 0 saturated carbocycles. The van der Waals surface area contributed by atoms with E-state index in [1.165, 1.54) is 0 Å². The zero-order valence-electron chi connectivity index (χ0n) is 9.01. The fraction of sp³-hybridized carbons (Fsp3) is 1.00. The first-order valence-corrected chi connectivity index (χ1v) is 5.20. The molecule has 0 aromatic rings. The van der Waals surface area contributed by atoms with Crippen LogP contribution in [0, 0.1) is 0 Å². The van der Waals surface area contributed by atoms with Crippen LogP contribution in [0.5, 0.6) is 0 Å². The van der Waals surface area contributed by atoms with Gasteiger partial charge in [0, 0.05) is 31.7 Å². The van der Waals surface area contributed by atoms with Gasteiger partial charge in [0.05, 0.1) is 6.10 Å². The fourth-order valence-electron chi connectivity index (χ4n) is 1.74. The van der Waals surface area contributed by atoms with Gasteiger partial charge in [0.1, 0.15) is 0 Å². The Bertz CT molecular complexity index is 159. The predicted octanol–water partition coefficient (Wildman–Crippen LogP) is 0.441. The van der Waals surface area contributed by atoms with Gasteiger partial charge in [-0.3, -0.25) is 4.90 Å². The summed E-state index contributed by atoms with van der Waals surface area (Å²) >= 11 is 0. The maximum atomic E-state index is 9.58. The summed E-state index contributed by atoms with van der Waals surface area (Å²) in [5.41, 5.74) is 0.189. The zero-order chi connectivity index (χ0) is 9.90. The van der Waals surface area contributed by atoms with E-state index in [0.717, 1.165) is 32.6 Å². The summed E-state index contributed by atoms with van der Waals surface area (Å²) in [4.78, 5) is 2.37. The molecule has 0 aromatic carbocycles. The van der Waals surface area contributed by atoms with Gasteiger partial charge < -0.3 is 10.4 Å². The second-order valence-corrected chi connectivity index (χ2v) is 4.50. The van der Waals surface area contributed by atoms with Gasteiger partial charge in [0.25, 0.3) is 0 Å². The highest BCUT2D eigenvalue weighted by molar-refractivity contribution is 4.89. The van der Waals surface area contributed by atoms with Crippen molar-refractivity contribution in [3.63, 3.8) is 0 Å². The van der Waals surface area contributed by atoms with Gasteiger partial charge in [0.2, 0.25) is 0 Å². The van der Waals surface area contributed by atoms with Gasteiger partial charge in [-0.2, -0.15) is 0 Å². The smallest absolute Gasteiger partial charge is 0.0664 e. The van der Waals surface area contributed by atoms with Crippen LogP contribution in [0.15, 0.2) is 0 Å². The average molecular weight is 186 g/mol. The minimum atomic E-state index is -0.169. The Hall–Kier alpha value is -0.120. The van der Waals surface area contributed by atoms with E-state index >= 15 is 0 Å². The summed E-state index contributed by atoms with van der Waals surface area (Å²) in [6.45, 7) is 10.4. The van der Waals surface area contributed by atoms with Crippen LogP contribution in [0.4, 0.5) is 0 Å². The molecule has 1 unspecified atom stereocenters. The molecule has 0 bridgehead atoms. The van der Waals surface area contributed by atoms with Gasteiger partial charge >= 0.3 is 0 Å². The molecule has 1 aliphatic rings. The molecule has 3 nitrogen and oxygen atoms in total. The van der Waals surface area contributed by atoms with E-state index in [-0.39, 0.29) is 11.6 Å². The molecule has 13 heavy (non-hydrogen) atoms. The first kappa shape index (κ1) is 11.0. The molecule has 1 heterocycles. The highest BCUT2D eigenvalue weighted by atomic mass is 16.3. The highest BCUT2D eigenvalue weighted by Gasteiger charge is 2.30. The van der Waals surface area contributed by atoms with Crippen molar-refractivity contribution in [3.05, 3.63) is 0 Å². The van der Waals surface area contributed by atoms with Crippen molar-refractivity contribution in [2.75, 3.05) is 26.2 Å². The maximum absolute atomic E-state index is 9.58. The Morgan fingerprint density at radius 3 is 2.77 bits per heavy atom. The Morgan fingerprint density at radius 2 is 2.23 bits per heavy atom. The van der Waals surface area contributed by atoms with Gasteiger partial charge in [-0.25, -0.2) is 0 Å². The molecule has 1 atom stereocenters. The van der Waals surface area contributed by atoms with E-state index in [2.05, 4.69) is 24.1 Å². The number of piperazine rings is 1. The Balaban J connectivity index is 2.46. The summed E-state index contributed by atoms with van der Waals surface area (Å²) in [5, 5.41) is 13.0. The van der Waals surface area contributed by atoms with Crippen molar-refractivity contribution in [1.82, 2.24) is 10.2 Å². The zero-order valence-corrected chi connectivity index (χ0v) is 9.01. The van der Waals surface area contributed by atoms with E-state index in [9.17, 15) is 5.11 Å². The Morgan fingerprint density at radius 1 is 1.54 bits per heavy atom. The monoisotopic (exact) mass is 186 g/mol. The third-order valence-electron chi connectivity index (χ3n) is 2.87. The number of nitrogens with one attached hydrogen (secondary N) is 1. The quantitative estimate of drug-likeness (QED) is 0.671. The molecule has 1 rings (SSSR count). The number of β-amino-alcohol motifs (C(OH)–C–C–N with tert-alkyl or cyclic N) is 1. The van der Waals surface area contributed by atoms with E-state index < -0.39 is 0 Å². The molecule has 2 N–H and O–H groups in total. The molecule has 0 aliphatic carbocycles. The molecule has 1 saturated heterocycles. The van der Waals surface area contributed by atoms with Crippen LogP contribution in [-0.2, 0) is 0 Å². The van der Waals surface area contributed by atoms with Crippen LogP contribution < -0.4 is 5.32 Å². The third-order valence-corrected chi connectivity index (χ3v) is 2.87. The SMILES string of the molecule is CCC(O)CN1CCNCC1(C)C. The molecule has 0 radical (unpaired) electrons. The third kappa shape index (κ3) is 2.93. The molecular weight excluding hydrogens is 164 g/mol. The topological polar surface area (TPSA) is 35.5 Å². The van der Waals surface area contributed by atoms with E-state index in [1.807, 2.05) is 6.92 Å². The molecule has 1 fully saturated rings. The molecule has 3 heteroatoms. The number of rotatable bonds is 3. The van der Waals surface area contributed by atoms with E-state index in [1.54, 1.807) is 0 Å². The van der Waals surface area contributed by atoms with Crippen LogP contribution in [0.25, 0.3) is 0 Å². The highest BCUT2D eigenvalue weighted by Crippen LogP contribution is 2.16. The molecule has 0 spiro atoms. The Labute approximate surface area is 81.1 Å². The second-order valence-electron chi connectivity index (χ2n) is 4.50. The summed E-state index contributed by atoms with van der Waals surface area (Å²) in [6, 6.07) is 0. The lowest BCUT2D eigenvalue weighted by molar-refractivity contribution is 0.0334. The van der Waals surface area contributed by atoms with Gasteiger partial charge in [0.15, 0.2) is 0 Å². The van der Waals surface area contributed by atoms with Crippen molar-refractivity contribution < 1.29 is 5.11 Å². The number of aliphatic hydroxyl groups is 1. The normalized spacial score (nSPS) is 25.8. The lowest BCUT2D eigenvalue weighted by Crippen LogP contribution is -2.59. The van der Waals surface area contributed by atoms with E-state index in [0.29, 0.717) is 0 Å². The number of aliphatic hydroxyl groups excluding tert-OH is 1. The lowest BCUT2D eigenvalue weighted by atomic mass is 9.99. The van der Waals surface area contributed by atoms with Crippen LogP contribution in [0.1, 0.15) is 27.2 Å². The minimum absolute atomic E-state index is 0.169. The van der Waals surface area contributed by atoms with Gasteiger partial charge in [-0.15, -0.1) is 0 Å². The van der Waals surface area contributed by atoms with Crippen LogP contribution >= 0.6 is 0 Å². The molecule has 78 valence electrons. The maximum Gasteiger partial charge on any atom is 0.0664 e. The van der Waals surface area contributed by atoms with Crippen LogP contribution in [-0.4, -0.2) is 47.8 Å². The van der Waals surface area contributed by atoms with Crippen molar-refractivity contribution in [2.45, 2.75) is 38.8 Å². The van der Waals surface area contributed by atoms with Crippen LogP contribution in [0.3, 0.4) is 0 Å². The lowest BCUT2D eigenvalue weighted by Gasteiger charge is -2.43. The average Bonchev–Trinajstić information content (AvgIpc) is 2.08. The van der Waals surface area contributed by atoms with Crippen molar-refractivity contribution in [3.8, 4) is 0 Å². The molecule has 1 aliphatic heterocycles. The number of nitrogens with zero attached hydrogens (tertiary/aromatic N) is 1. The summed E-state index contributed by atoms with van der Waals surface area (Å²) in [7, 11) is 0. The predicted molar refractivity (Wildman–Crippen MR) is 54.8 cm³/mol. The first-order chi connectivity index (χ1) is 6.06. The number of hydrogen-bond acceptors (Lipinski definition) is 3. The van der Waals surface area contributed by atoms with Crippen LogP contribution in [0.2, 0.25) is 0 Å². The van der Waals surface area contributed by atoms with Gasteiger partial charge in [-0.05, 0) is 20.3 Å². The van der Waals surface area contributed by atoms with Crippen molar-refractivity contribution in [1.29, 1.82) is 0 Å². The Kier molecular flexibility index (Phi) is 3.71. The van der Waals surface area contributed by atoms with Crippen molar-refractivity contribution >= 4 is 0 Å². The molecule has 0 amide bonds. The second kappa shape index (κ2) is 4.40. The molecule has 0 aromatic heterocycles. The summed E-state index contributed by atoms with van der Waals surface area (Å²) < 4.78 is 0. The summed E-state index contributed by atoms with van der Waals surface area (Å²) in [5.74, 6) is 0. The van der Waals surface area contributed by atoms with Crippen molar-refractivity contribution in [2.24, 2.45) is 0 Å². The standard InChI is InChI=1S/C10H22N2O/c1-4-9(13)7-12-6-5-11-8-10(12,2)3/h9,11,13H,4-8H2,1-3H3. The van der Waals surface area contributed by atoms with E-state index in [4.69, 9.17) is 0 Å². The van der Waals surface area contributed by atoms with Gasteiger partial charge in [-0.1, -0.05) is 6.92 Å². The molecular formula is C10H22N2O.